The number of rotatable bonds is 4. The Bertz CT molecular complexity index is 891. The van der Waals surface area contributed by atoms with Gasteiger partial charge < -0.3 is 14.7 Å². The third-order valence-corrected chi connectivity index (χ3v) is 5.36. The Morgan fingerprint density at radius 3 is 2.08 bits per heavy atom. The van der Waals surface area contributed by atoms with Crippen LogP contribution in [0.5, 0.6) is 11.5 Å². The Morgan fingerprint density at radius 2 is 1.54 bits per heavy atom. The molecule has 1 N–H and O–H groups in total. The van der Waals surface area contributed by atoms with E-state index in [-0.39, 0.29) is 5.92 Å². The molecule has 0 radical (unpaired) electrons. The van der Waals surface area contributed by atoms with E-state index in [9.17, 15) is 13.2 Å². The lowest BCUT2D eigenvalue weighted by Crippen LogP contribution is -2.39. The average molecular weight is 373 g/mol. The van der Waals surface area contributed by atoms with Crippen molar-refractivity contribution < 1.29 is 23.1 Å². The first-order valence-corrected chi connectivity index (χ1v) is 9.39. The van der Waals surface area contributed by atoms with Gasteiger partial charge in [0.25, 0.3) is 0 Å². The van der Waals surface area contributed by atoms with Gasteiger partial charge in [-0.05, 0) is 54.8 Å². The van der Waals surface area contributed by atoms with Crippen molar-refractivity contribution in [1.29, 1.82) is 0 Å². The molecular weight excluding hydrogens is 354 g/mol. The second-order valence-corrected chi connectivity index (χ2v) is 6.99. The van der Waals surface area contributed by atoms with E-state index < -0.39 is 16.4 Å². The van der Waals surface area contributed by atoms with E-state index in [4.69, 9.17) is 9.84 Å². The van der Waals surface area contributed by atoms with E-state index in [0.717, 1.165) is 0 Å². The zero-order valence-corrected chi connectivity index (χ0v) is 14.9. The molecule has 1 saturated heterocycles. The summed E-state index contributed by atoms with van der Waals surface area (Å²) in [5, 5.41) is 9.02. The fourth-order valence-corrected chi connectivity index (χ4v) is 3.95. The molecular formula is C19H19NO5S. The summed E-state index contributed by atoms with van der Waals surface area (Å²) in [5.74, 6) is 1.15. The summed E-state index contributed by atoms with van der Waals surface area (Å²) in [6.45, 7) is 0.686. The number of likely N-dealkylation sites (tertiary alicyclic amines) is 1. The standard InChI is InChI=1S/C19H19NO5S/c21-19(22)20-12-10-15(11-13-20)18(26(23)24)14-6-8-17(9-7-14)25-16-4-2-1-3-5-16/h1-9,15H,10-13H2,(H,21,22). The summed E-state index contributed by atoms with van der Waals surface area (Å²) in [4.78, 5) is 12.7. The van der Waals surface area contributed by atoms with Crippen molar-refractivity contribution in [3.05, 3.63) is 60.2 Å². The lowest BCUT2D eigenvalue weighted by atomic mass is 9.90. The topological polar surface area (TPSA) is 83.9 Å². The molecule has 2 aromatic rings. The summed E-state index contributed by atoms with van der Waals surface area (Å²) in [7, 11) is -2.36. The van der Waals surface area contributed by atoms with E-state index in [1.807, 2.05) is 30.3 Å². The minimum absolute atomic E-state index is 0.176. The highest BCUT2D eigenvalue weighted by Gasteiger charge is 2.27. The first kappa shape index (κ1) is 18.0. The Morgan fingerprint density at radius 1 is 0.962 bits per heavy atom. The van der Waals surface area contributed by atoms with Crippen LogP contribution < -0.4 is 4.74 Å². The maximum atomic E-state index is 11.8. The van der Waals surface area contributed by atoms with Crippen LogP contribution >= 0.6 is 0 Å². The molecule has 0 spiro atoms. The first-order valence-electron chi connectivity index (χ1n) is 8.32. The van der Waals surface area contributed by atoms with Crippen molar-refractivity contribution in [3.63, 3.8) is 0 Å². The molecule has 0 aliphatic carbocycles. The van der Waals surface area contributed by atoms with Crippen molar-refractivity contribution in [2.45, 2.75) is 12.8 Å². The van der Waals surface area contributed by atoms with Crippen LogP contribution in [0.15, 0.2) is 54.6 Å². The Labute approximate surface area is 153 Å². The quantitative estimate of drug-likeness (QED) is 0.657. The number of piperidine rings is 1. The second kappa shape index (κ2) is 8.05. The second-order valence-electron chi connectivity index (χ2n) is 6.08. The number of hydrogen-bond acceptors (Lipinski definition) is 4. The van der Waals surface area contributed by atoms with Crippen LogP contribution in [0, 0.1) is 5.92 Å². The summed E-state index contributed by atoms with van der Waals surface area (Å²) in [6.07, 6.45) is 0.0334. The Hall–Kier alpha value is -2.80. The predicted molar refractivity (Wildman–Crippen MR) is 98.3 cm³/mol. The molecule has 2 aromatic carbocycles. The molecule has 0 aromatic heterocycles. The summed E-state index contributed by atoms with van der Waals surface area (Å²) in [6, 6.07) is 16.3. The highest BCUT2D eigenvalue weighted by Crippen LogP contribution is 2.25. The highest BCUT2D eigenvalue weighted by molar-refractivity contribution is 7.73. The monoisotopic (exact) mass is 373 g/mol. The van der Waals surface area contributed by atoms with Gasteiger partial charge in [0.2, 0.25) is 10.3 Å². The molecule has 0 saturated carbocycles. The normalized spacial score (nSPS) is 14.7. The molecule has 3 rings (SSSR count). The zero-order valence-electron chi connectivity index (χ0n) is 14.0. The molecule has 0 unspecified atom stereocenters. The molecule has 1 heterocycles. The van der Waals surface area contributed by atoms with Crippen molar-refractivity contribution in [2.24, 2.45) is 5.92 Å². The number of amides is 1. The first-order chi connectivity index (χ1) is 12.5. The maximum Gasteiger partial charge on any atom is 0.407 e. The fraction of sp³-hybridized carbons (Fsp3) is 0.263. The number of hydrogen-bond donors (Lipinski definition) is 1. The Balaban J connectivity index is 1.75. The average Bonchev–Trinajstić information content (AvgIpc) is 2.64. The molecule has 1 aliphatic heterocycles. The molecule has 136 valence electrons. The van der Waals surface area contributed by atoms with Crippen molar-refractivity contribution >= 4 is 21.3 Å². The van der Waals surface area contributed by atoms with Crippen LogP contribution in [0.4, 0.5) is 4.79 Å². The van der Waals surface area contributed by atoms with Gasteiger partial charge in [-0.3, -0.25) is 0 Å². The number of carbonyl (C=O) groups is 1. The SMILES string of the molecule is O=C(O)N1CCC(C(c2ccc(Oc3ccccc3)cc2)=S(=O)=O)CC1. The molecule has 26 heavy (non-hydrogen) atoms. The Kier molecular flexibility index (Phi) is 5.58. The minimum atomic E-state index is -2.36. The number of nitrogens with zero attached hydrogens (tertiary/aromatic N) is 1. The van der Waals surface area contributed by atoms with Gasteiger partial charge in [0.15, 0.2) is 0 Å². The van der Waals surface area contributed by atoms with Crippen molar-refractivity contribution in [1.82, 2.24) is 4.90 Å². The van der Waals surface area contributed by atoms with Crippen LogP contribution in [0.3, 0.4) is 0 Å². The summed E-state index contributed by atoms with van der Waals surface area (Å²) >= 11 is 0. The van der Waals surface area contributed by atoms with Gasteiger partial charge in [0, 0.05) is 19.0 Å². The van der Waals surface area contributed by atoms with E-state index in [2.05, 4.69) is 0 Å². The molecule has 0 bridgehead atoms. The van der Waals surface area contributed by atoms with Gasteiger partial charge >= 0.3 is 6.09 Å². The van der Waals surface area contributed by atoms with Gasteiger partial charge in [0.05, 0.1) is 4.86 Å². The minimum Gasteiger partial charge on any atom is -0.465 e. The number of para-hydroxylation sites is 1. The third kappa shape index (κ3) is 4.23. The third-order valence-electron chi connectivity index (χ3n) is 4.43. The van der Waals surface area contributed by atoms with Crippen LogP contribution in [0.1, 0.15) is 18.4 Å². The fourth-order valence-electron chi connectivity index (χ4n) is 3.11. The van der Waals surface area contributed by atoms with Crippen molar-refractivity contribution in [2.75, 3.05) is 13.1 Å². The largest absolute Gasteiger partial charge is 0.465 e. The number of ether oxygens (including phenoxy) is 1. The lowest BCUT2D eigenvalue weighted by Gasteiger charge is -2.30. The molecule has 7 heteroatoms. The van der Waals surface area contributed by atoms with Gasteiger partial charge in [-0.1, -0.05) is 18.2 Å². The van der Waals surface area contributed by atoms with Crippen LogP contribution in [0.2, 0.25) is 0 Å². The van der Waals surface area contributed by atoms with E-state index >= 15 is 0 Å². The summed E-state index contributed by atoms with van der Waals surface area (Å²) < 4.78 is 29.3. The molecule has 1 aliphatic rings. The van der Waals surface area contributed by atoms with E-state index in [1.54, 1.807) is 24.3 Å². The van der Waals surface area contributed by atoms with Gasteiger partial charge in [-0.15, -0.1) is 0 Å². The van der Waals surface area contributed by atoms with Crippen LogP contribution in [0.25, 0.3) is 0 Å². The smallest absolute Gasteiger partial charge is 0.407 e. The van der Waals surface area contributed by atoms with Gasteiger partial charge in [0.1, 0.15) is 11.5 Å². The van der Waals surface area contributed by atoms with Crippen LogP contribution in [-0.4, -0.2) is 42.5 Å². The summed E-state index contributed by atoms with van der Waals surface area (Å²) in [5.41, 5.74) is 0.618. The predicted octanol–water partition coefficient (Wildman–Crippen LogP) is 3.27. The van der Waals surface area contributed by atoms with Crippen LogP contribution in [-0.2, 0) is 10.3 Å². The number of carboxylic acid groups (broad SMARTS) is 1. The van der Waals surface area contributed by atoms with Gasteiger partial charge in [-0.25, -0.2) is 4.79 Å². The maximum absolute atomic E-state index is 11.8. The number of benzene rings is 2. The molecule has 6 nitrogen and oxygen atoms in total. The molecule has 0 atom stereocenters. The van der Waals surface area contributed by atoms with E-state index in [1.165, 1.54) is 4.90 Å². The van der Waals surface area contributed by atoms with E-state index in [0.29, 0.717) is 47.9 Å². The van der Waals surface area contributed by atoms with Gasteiger partial charge in [-0.2, -0.15) is 8.42 Å². The van der Waals surface area contributed by atoms with Crippen molar-refractivity contribution in [3.8, 4) is 11.5 Å². The zero-order chi connectivity index (χ0) is 18.5. The molecule has 1 fully saturated rings. The lowest BCUT2D eigenvalue weighted by molar-refractivity contribution is 0.131. The molecule has 1 amide bonds. The highest BCUT2D eigenvalue weighted by atomic mass is 32.2.